The highest BCUT2D eigenvalue weighted by Gasteiger charge is 2.22. The highest BCUT2D eigenvalue weighted by molar-refractivity contribution is 5.48. The van der Waals surface area contributed by atoms with E-state index in [2.05, 4.69) is 472 Å². The molecule has 7 N–H and O–H groups in total. The first kappa shape index (κ1) is 160. The van der Waals surface area contributed by atoms with E-state index in [-0.39, 0.29) is 0 Å². The lowest BCUT2D eigenvalue weighted by atomic mass is 9.93. The molecule has 17 nitrogen and oxygen atoms in total. The third-order valence-electron chi connectivity index (χ3n) is 23.4. The van der Waals surface area contributed by atoms with Crippen LogP contribution in [-0.2, 0) is 4.74 Å². The number of nitrogens with zero attached hydrogens (tertiary/aromatic N) is 8. The second-order valence-electron chi connectivity index (χ2n) is 50.3. The lowest BCUT2D eigenvalue weighted by Crippen LogP contribution is -2.36. The van der Waals surface area contributed by atoms with E-state index >= 15 is 0 Å². The van der Waals surface area contributed by atoms with Crippen molar-refractivity contribution in [1.82, 2.24) is 61.3 Å². The molecule has 0 bridgehead atoms. The van der Waals surface area contributed by atoms with Crippen molar-refractivity contribution in [1.29, 1.82) is 0 Å². The highest BCUT2D eigenvalue weighted by Crippen LogP contribution is 2.25. The molecule has 0 aliphatic heterocycles. The van der Waals surface area contributed by atoms with Gasteiger partial charge in [-0.2, -0.15) is 0 Å². The van der Waals surface area contributed by atoms with E-state index in [4.69, 9.17) is 9.47 Å². The van der Waals surface area contributed by atoms with Crippen LogP contribution in [0.25, 0.3) is 0 Å². The van der Waals surface area contributed by atoms with Gasteiger partial charge in [0.05, 0.1) is 13.2 Å². The first-order valence-corrected chi connectivity index (χ1v) is 60.0. The van der Waals surface area contributed by atoms with E-state index in [0.717, 1.165) is 185 Å². The minimum atomic E-state index is 0.525. The van der Waals surface area contributed by atoms with Crippen LogP contribution in [0.5, 0.6) is 5.75 Å². The SMILES string of the molecule is CC(C)CN(C)C.CC(C)CN(C)C(C)C.CC(C)CN(C)C1CCCCC1.CC(C)CN(C)CC(C)C.CC(C)CN(C)c1ccccc1.CC(C)CNC(C)C.CC(C)CNC1CCCCC1.CC(C)CNCC(C)C.CC(C)CNc1ccccc1.CCN(C)CC(C)C.CCN(CC)CC(C)C.CCNCC(C)C.CNCC(C)C.COC1CCC(NCC(C)C)CC1.COc1ccc(N(C)CC(C)C)cc1. The van der Waals surface area contributed by atoms with Crippen LogP contribution in [0.3, 0.4) is 0 Å². The summed E-state index contributed by atoms with van der Waals surface area (Å²) >= 11 is 0. The van der Waals surface area contributed by atoms with Gasteiger partial charge in [0, 0.05) is 127 Å². The molecular formula is C129H273N15O2. The number of benzene rings is 3. The third kappa shape index (κ3) is 133. The molecule has 0 radical (unpaired) electrons. The summed E-state index contributed by atoms with van der Waals surface area (Å²) in [7, 11) is 22.7. The summed E-state index contributed by atoms with van der Waals surface area (Å²) in [6, 6.07) is 32.7. The maximum absolute atomic E-state index is 5.34. The van der Waals surface area contributed by atoms with E-state index in [1.54, 1.807) is 7.11 Å². The number of para-hydroxylation sites is 2. The largest absolute Gasteiger partial charge is 0.497 e. The van der Waals surface area contributed by atoms with Crippen LogP contribution in [0.4, 0.5) is 17.1 Å². The molecule has 0 atom stereocenters. The summed E-state index contributed by atoms with van der Waals surface area (Å²) in [4.78, 5) is 18.8. The van der Waals surface area contributed by atoms with Gasteiger partial charge in [0.15, 0.2) is 0 Å². The zero-order valence-corrected chi connectivity index (χ0v) is 109. The lowest BCUT2D eigenvalue weighted by molar-refractivity contribution is 0.0622. The van der Waals surface area contributed by atoms with Gasteiger partial charge in [0.2, 0.25) is 0 Å². The van der Waals surface area contributed by atoms with Gasteiger partial charge < -0.3 is 85.9 Å². The maximum atomic E-state index is 5.34. The standard InChI is InChI=1S/C12H19NO.C11H23NO.C11H23N.C11H17N.C10H21N.C10H15N.C9H21N.3C8H19N.2C7H17N.2C6H15N.C5H13N/c1-10(2)9-13(3)11-5-7-12(14-4)8-6-11;1-9(2)8-12-10-4-6-11(13-3)7-5-10;2*1-10(2)9-12(3)11-7-5-4-6-8-11;2*1-9(2)8-11-10-6-4-3-5-7-10;1-8(2)6-10(5)7-9(3)4;1-7(2)6-9(5)8(3)4;1-7(2)5-9-6-8(3)4;1-5-9(6-2)7-8(3)4;1-6(2)5-8-7(3)4;1-5-8(4)6-7(2)3;1-6(2)5-7(3)4;1-4-7-5-6(2)3;1-5(2)4-6-3/h5-8,10H,9H2,1-4H3;9-12H,4-8H2,1-3H3;10-11H,4-9H2,1-3H3;4-8,10H,9H2,1-3H3;9-11H,3-8H2,1-2H3;3-7,9,11H,8H2,1-2H3;8-9H,6-7H2,1-5H3;7-8H,6H2,1-5H3;7-9H,5-6H2,1-4H3;8H,5-7H2,1-4H3;6-8H,5H2,1-4H3;7H,5-6H2,1-4H3;6H,5H2,1-4H3;6-7H,4-5H2,1-3H3;5-6H,4H2,1-3H3. The Kier molecular flexibility index (Phi) is 120. The number of nitrogens with one attached hydrogen (secondary N) is 7. The zero-order valence-electron chi connectivity index (χ0n) is 109. The number of hydrogen-bond acceptors (Lipinski definition) is 17. The number of methoxy groups -OCH3 is 2. The summed E-state index contributed by atoms with van der Waals surface area (Å²) in [5.41, 5.74) is 3.74. The fraction of sp³-hybridized carbons (Fsp3) is 0.860. The van der Waals surface area contributed by atoms with E-state index in [1.807, 2.05) is 50.6 Å². The molecule has 3 aromatic rings. The normalized spacial score (nSPS) is 14.2. The van der Waals surface area contributed by atoms with Crippen molar-refractivity contribution in [3.8, 4) is 5.75 Å². The molecule has 17 heteroatoms. The number of rotatable bonds is 48. The molecule has 876 valence electrons. The molecule has 0 aromatic heterocycles. The molecule has 3 aliphatic rings. The Morgan fingerprint density at radius 3 is 0.925 bits per heavy atom. The van der Waals surface area contributed by atoms with Crippen LogP contribution >= 0.6 is 0 Å². The van der Waals surface area contributed by atoms with Crippen molar-refractivity contribution in [2.45, 2.75) is 417 Å². The molecule has 0 heterocycles. The Labute approximate surface area is 920 Å². The topological polar surface area (TPSA) is 129 Å². The molecule has 0 unspecified atom stereocenters. The first-order chi connectivity index (χ1) is 68.2. The van der Waals surface area contributed by atoms with Gasteiger partial charge in [0.1, 0.15) is 5.75 Å². The van der Waals surface area contributed by atoms with E-state index in [1.165, 1.54) is 172 Å². The van der Waals surface area contributed by atoms with E-state index in [9.17, 15) is 0 Å². The minimum Gasteiger partial charge on any atom is -0.497 e. The van der Waals surface area contributed by atoms with Crippen molar-refractivity contribution < 1.29 is 9.47 Å². The number of hydrogen-bond donors (Lipinski definition) is 7. The summed E-state index contributed by atoms with van der Waals surface area (Å²) in [6.07, 6.45) is 19.9. The molecular weight excluding hydrogens is 1790 g/mol. The molecule has 0 amide bonds. The summed E-state index contributed by atoms with van der Waals surface area (Å²) in [6.45, 7) is 118. The van der Waals surface area contributed by atoms with Crippen LogP contribution in [0.15, 0.2) is 84.9 Å². The monoisotopic (exact) mass is 2070 g/mol. The van der Waals surface area contributed by atoms with Crippen LogP contribution in [-0.4, -0.2) is 281 Å². The summed E-state index contributed by atoms with van der Waals surface area (Å²) < 4.78 is 10.4. The molecule has 3 aromatic carbocycles. The van der Waals surface area contributed by atoms with Crippen molar-refractivity contribution in [3.05, 3.63) is 84.9 Å². The number of ether oxygens (including phenoxy) is 2. The average molecular weight is 2070 g/mol. The second kappa shape index (κ2) is 110. The summed E-state index contributed by atoms with van der Waals surface area (Å²) in [5.74, 6) is 14.1. The molecule has 3 fully saturated rings. The molecule has 3 saturated carbocycles. The Bertz CT molecular complexity index is 2880. The van der Waals surface area contributed by atoms with E-state index in [0.29, 0.717) is 30.0 Å². The van der Waals surface area contributed by atoms with Crippen LogP contribution in [0.2, 0.25) is 0 Å². The Hall–Kier alpha value is -3.66. The van der Waals surface area contributed by atoms with Gasteiger partial charge in [0.25, 0.3) is 0 Å². The Morgan fingerprint density at radius 1 is 0.308 bits per heavy atom. The number of anilines is 3. The van der Waals surface area contributed by atoms with Crippen LogP contribution < -0.4 is 51.8 Å². The average Bonchev–Trinajstić information content (AvgIpc) is 0.898. The fourth-order valence-corrected chi connectivity index (χ4v) is 16.1. The van der Waals surface area contributed by atoms with E-state index < -0.39 is 0 Å². The quantitative estimate of drug-likeness (QED) is 0.0289. The molecule has 146 heavy (non-hydrogen) atoms. The zero-order chi connectivity index (χ0) is 114. The Morgan fingerprint density at radius 2 is 0.658 bits per heavy atom. The third-order valence-corrected chi connectivity index (χ3v) is 23.4. The van der Waals surface area contributed by atoms with Gasteiger partial charge in [-0.05, 0) is 342 Å². The van der Waals surface area contributed by atoms with Crippen LogP contribution in [0, 0.1) is 101 Å². The molecule has 0 spiro atoms. The van der Waals surface area contributed by atoms with Gasteiger partial charge in [-0.3, -0.25) is 0 Å². The van der Waals surface area contributed by atoms with Crippen molar-refractivity contribution in [3.63, 3.8) is 0 Å². The molecule has 3 aliphatic carbocycles. The smallest absolute Gasteiger partial charge is 0.119 e. The molecule has 0 saturated heterocycles. The maximum Gasteiger partial charge on any atom is 0.119 e. The minimum absolute atomic E-state index is 0.525. The van der Waals surface area contributed by atoms with Crippen molar-refractivity contribution >= 4 is 17.1 Å². The highest BCUT2D eigenvalue weighted by atomic mass is 16.5. The van der Waals surface area contributed by atoms with Gasteiger partial charge >= 0.3 is 0 Å². The second-order valence-corrected chi connectivity index (χ2v) is 50.3. The van der Waals surface area contributed by atoms with Crippen LogP contribution in [0.1, 0.15) is 381 Å². The fourth-order valence-electron chi connectivity index (χ4n) is 16.1. The first-order valence-electron chi connectivity index (χ1n) is 60.0. The van der Waals surface area contributed by atoms with Gasteiger partial charge in [-0.1, -0.05) is 352 Å². The van der Waals surface area contributed by atoms with Gasteiger partial charge in [-0.15, -0.1) is 0 Å². The predicted molar refractivity (Wildman–Crippen MR) is 672 cm³/mol. The predicted octanol–water partition coefficient (Wildman–Crippen LogP) is 30.6. The summed E-state index contributed by atoms with van der Waals surface area (Å²) in [5, 5.41) is 23.6. The lowest BCUT2D eigenvalue weighted by Gasteiger charge is -2.32. The molecule has 6 rings (SSSR count). The van der Waals surface area contributed by atoms with Crippen molar-refractivity contribution in [2.24, 2.45) is 101 Å². The Balaban J connectivity index is -0.000000198. The van der Waals surface area contributed by atoms with Gasteiger partial charge in [-0.25, -0.2) is 0 Å². The van der Waals surface area contributed by atoms with Crippen molar-refractivity contribution in [2.75, 3.05) is 230 Å².